The first-order valence-electron chi connectivity index (χ1n) is 18.7. The molecule has 5 unspecified atom stereocenters. The maximum Gasteiger partial charge on any atom is 0.364 e. The fourth-order valence-electron chi connectivity index (χ4n) is 7.41. The molecular weight excluding hydrogens is 830 g/mol. The second kappa shape index (κ2) is 20.5. The second-order valence-electron chi connectivity index (χ2n) is 15.0. The van der Waals surface area contributed by atoms with Crippen LogP contribution in [0, 0.1) is 0 Å². The molecule has 5 aliphatic rings. The lowest BCUT2D eigenvalue weighted by molar-refractivity contribution is -0.391. The molecule has 5 heterocycles. The molecule has 350 valence electrons. The van der Waals surface area contributed by atoms with E-state index in [1.165, 1.54) is 0 Å². The predicted octanol–water partition coefficient (Wildman–Crippen LogP) is -12.1. The molecule has 0 saturated carbocycles. The van der Waals surface area contributed by atoms with Gasteiger partial charge in [0.25, 0.3) is 5.79 Å². The Hall–Kier alpha value is -1.57. The first kappa shape index (κ1) is 49.4. The molecule has 5 aliphatic heterocycles. The van der Waals surface area contributed by atoms with Crippen molar-refractivity contribution in [1.29, 1.82) is 0 Å². The lowest BCUT2D eigenvalue weighted by atomic mass is 9.92. The van der Waals surface area contributed by atoms with E-state index in [0.717, 1.165) is 0 Å². The molecule has 28 heteroatoms. The molecule has 5 saturated heterocycles. The molecule has 0 aromatic carbocycles. The molecule has 0 bridgehead atoms. The highest BCUT2D eigenvalue weighted by Gasteiger charge is 2.57. The zero-order chi connectivity index (χ0) is 44.5. The van der Waals surface area contributed by atoms with Crippen LogP contribution in [0.5, 0.6) is 0 Å². The van der Waals surface area contributed by atoms with Gasteiger partial charge >= 0.3 is 5.97 Å². The van der Waals surface area contributed by atoms with Crippen molar-refractivity contribution in [1.82, 2.24) is 0 Å². The summed E-state index contributed by atoms with van der Waals surface area (Å²) in [6, 6.07) is -1.46. The summed E-state index contributed by atoms with van der Waals surface area (Å²) >= 11 is 0. The summed E-state index contributed by atoms with van der Waals surface area (Å²) in [5.74, 6) is -5.01. The predicted molar refractivity (Wildman–Crippen MR) is 180 cm³/mol. The van der Waals surface area contributed by atoms with E-state index in [-0.39, 0.29) is 0 Å². The third-order valence-electron chi connectivity index (χ3n) is 11.0. The van der Waals surface area contributed by atoms with Gasteiger partial charge in [-0.25, -0.2) is 4.79 Å². The highest BCUT2D eigenvalue weighted by Crippen LogP contribution is 2.36. The van der Waals surface area contributed by atoms with Crippen LogP contribution in [0.2, 0.25) is 0 Å². The Kier molecular flexibility index (Phi) is 16.9. The van der Waals surface area contributed by atoms with Crippen molar-refractivity contribution in [2.24, 2.45) is 5.73 Å². The van der Waals surface area contributed by atoms with E-state index in [0.29, 0.717) is 0 Å². The first-order chi connectivity index (χ1) is 28.2. The van der Waals surface area contributed by atoms with Gasteiger partial charge in [-0.15, -0.1) is 0 Å². The standard InChI is InChI=1S/C32H55NO27/c33-13-16(42)14(40)9(3-35)53-27(13)52-6-12-26(59-28-20(46)17(43)15(41)10(4-36)54-28)19(45)22(48)30(56-12)58-25-11(5-37)55-29(21(47)18(25)44)57-23-7(38)1-32(51,31(49)50)60-24(23)8(39)2-34/h7-30,34-48,51H,1-6,33H2,(H,49,50)/t7-,8-,9-,10-,11-,12-,13-,14+,15-,16-,17+,18-,19-,20-,21+,22-,23-,24-,25-,26-,27?,28?,29?,30?,32?/m1/s1. The number of aliphatic carboxylic acids is 1. The number of hydrogen-bond acceptors (Lipinski definition) is 27. The van der Waals surface area contributed by atoms with Crippen molar-refractivity contribution in [2.45, 2.75) is 159 Å². The molecule has 0 spiro atoms. The topological polar surface area (TPSA) is 470 Å². The van der Waals surface area contributed by atoms with Crippen molar-refractivity contribution in [3.05, 3.63) is 0 Å². The van der Waals surface area contributed by atoms with Crippen LogP contribution in [0.4, 0.5) is 0 Å². The number of aliphatic hydroxyl groups is 16. The summed E-state index contributed by atoms with van der Waals surface area (Å²) in [6.45, 7) is -4.60. The summed E-state index contributed by atoms with van der Waals surface area (Å²) in [7, 11) is 0. The van der Waals surface area contributed by atoms with E-state index in [4.69, 9.17) is 48.4 Å². The van der Waals surface area contributed by atoms with Crippen LogP contribution in [-0.2, 0) is 47.4 Å². The van der Waals surface area contributed by atoms with Crippen molar-refractivity contribution >= 4 is 5.97 Å². The van der Waals surface area contributed by atoms with Gasteiger partial charge in [-0.05, 0) is 0 Å². The molecule has 0 aliphatic carbocycles. The summed E-state index contributed by atoms with van der Waals surface area (Å²) in [4.78, 5) is 11.6. The highest BCUT2D eigenvalue weighted by atomic mass is 16.8. The van der Waals surface area contributed by atoms with Crippen LogP contribution in [0.25, 0.3) is 0 Å². The van der Waals surface area contributed by atoms with Gasteiger partial charge in [0.1, 0.15) is 110 Å². The van der Waals surface area contributed by atoms with Crippen molar-refractivity contribution in [3.63, 3.8) is 0 Å². The Morgan fingerprint density at radius 2 is 1.03 bits per heavy atom. The van der Waals surface area contributed by atoms with Gasteiger partial charge in [-0.3, -0.25) is 0 Å². The Morgan fingerprint density at radius 3 is 1.53 bits per heavy atom. The van der Waals surface area contributed by atoms with Gasteiger partial charge in [0.2, 0.25) is 0 Å². The second-order valence-corrected chi connectivity index (χ2v) is 15.0. The molecule has 19 N–H and O–H groups in total. The average molecular weight is 886 g/mol. The van der Waals surface area contributed by atoms with Crippen molar-refractivity contribution in [2.75, 3.05) is 33.0 Å². The molecule has 0 aromatic rings. The van der Waals surface area contributed by atoms with Gasteiger partial charge in [0, 0.05) is 6.42 Å². The Morgan fingerprint density at radius 1 is 0.600 bits per heavy atom. The Labute approximate surface area is 338 Å². The Balaban J connectivity index is 1.35. The normalized spacial score (nSPS) is 50.9. The minimum absolute atomic E-state index is 0.791. The van der Waals surface area contributed by atoms with Crippen LogP contribution < -0.4 is 5.73 Å². The molecule has 0 radical (unpaired) electrons. The van der Waals surface area contributed by atoms with Crippen LogP contribution >= 0.6 is 0 Å². The first-order valence-corrected chi connectivity index (χ1v) is 18.7. The number of hydrogen-bond donors (Lipinski definition) is 18. The number of carboxylic acid groups (broad SMARTS) is 1. The zero-order valence-corrected chi connectivity index (χ0v) is 31.4. The zero-order valence-electron chi connectivity index (χ0n) is 31.4. The molecule has 28 nitrogen and oxygen atoms in total. The number of ether oxygens (including phenoxy) is 9. The van der Waals surface area contributed by atoms with Gasteiger partial charge in [-0.1, -0.05) is 0 Å². The van der Waals surface area contributed by atoms with E-state index < -0.39 is 198 Å². The van der Waals surface area contributed by atoms with Gasteiger partial charge in [-0.2, -0.15) is 0 Å². The Bertz CT molecular complexity index is 1370. The number of carbonyl (C=O) groups is 1. The third-order valence-corrected chi connectivity index (χ3v) is 11.0. The molecule has 0 aromatic heterocycles. The van der Waals surface area contributed by atoms with E-state index >= 15 is 0 Å². The van der Waals surface area contributed by atoms with Gasteiger partial charge < -0.3 is 135 Å². The van der Waals surface area contributed by atoms with Gasteiger partial charge in [0.15, 0.2) is 25.2 Å². The molecule has 0 amide bonds. The summed E-state index contributed by atoms with van der Waals surface area (Å²) in [5, 5.41) is 176. The maximum absolute atomic E-state index is 11.6. The number of rotatable bonds is 15. The minimum Gasteiger partial charge on any atom is -0.477 e. The van der Waals surface area contributed by atoms with Crippen LogP contribution in [-0.4, -0.2) is 279 Å². The fraction of sp³-hybridized carbons (Fsp3) is 0.969. The molecule has 60 heavy (non-hydrogen) atoms. The number of aliphatic hydroxyl groups excluding tert-OH is 15. The smallest absolute Gasteiger partial charge is 0.364 e. The lowest BCUT2D eigenvalue weighted by Crippen LogP contribution is -2.68. The van der Waals surface area contributed by atoms with Gasteiger partial charge in [0.05, 0.1) is 45.2 Å². The van der Waals surface area contributed by atoms with Crippen molar-refractivity contribution in [3.8, 4) is 0 Å². The lowest BCUT2D eigenvalue weighted by Gasteiger charge is -2.49. The van der Waals surface area contributed by atoms with Crippen LogP contribution in [0.1, 0.15) is 6.42 Å². The molecule has 25 atom stereocenters. The van der Waals surface area contributed by atoms with E-state index in [1.54, 1.807) is 0 Å². The summed E-state index contributed by atoms with van der Waals surface area (Å²) in [6.07, 6.45) is -44.3. The summed E-state index contributed by atoms with van der Waals surface area (Å²) in [5.41, 5.74) is 5.96. The molecular formula is C32H55NO27. The fourth-order valence-corrected chi connectivity index (χ4v) is 7.41. The monoisotopic (exact) mass is 885 g/mol. The van der Waals surface area contributed by atoms with E-state index in [2.05, 4.69) is 0 Å². The number of carboxylic acids is 1. The van der Waals surface area contributed by atoms with Crippen LogP contribution in [0.3, 0.4) is 0 Å². The largest absolute Gasteiger partial charge is 0.477 e. The molecule has 5 rings (SSSR count). The summed E-state index contributed by atoms with van der Waals surface area (Å²) < 4.78 is 49.9. The van der Waals surface area contributed by atoms with E-state index in [9.17, 15) is 91.6 Å². The highest BCUT2D eigenvalue weighted by molar-refractivity contribution is 5.75. The molecule has 5 fully saturated rings. The van der Waals surface area contributed by atoms with Crippen molar-refractivity contribution < 1.29 is 134 Å². The van der Waals surface area contributed by atoms with E-state index in [1.807, 2.05) is 0 Å². The third kappa shape index (κ3) is 10.0. The maximum atomic E-state index is 11.6. The average Bonchev–Trinajstić information content (AvgIpc) is 3.22. The minimum atomic E-state index is -3.05. The number of nitrogens with two attached hydrogens (primary N) is 1. The SMILES string of the molecule is N[C@H]1C(OC[C@H]2OC(O[C@H]3[C@H](O)[C@H](O)C(O[C@H]4[C@@H]([C@H](O)CO)OC(O)(C(=O)O)C[C@H]4O)O[C@@H]3CO)[C@H](O)[C@@H](O)[C@@H]2OC2O[C@H](CO)[C@@H](O)[C@H](O)[C@H]2O)O[C@H](CO)[C@H](O)[C@@H]1O. The van der Waals surface area contributed by atoms with Crippen LogP contribution in [0.15, 0.2) is 0 Å². The quantitative estimate of drug-likeness (QED) is 0.0726.